The summed E-state index contributed by atoms with van der Waals surface area (Å²) in [5.74, 6) is 1.25. The topological polar surface area (TPSA) is 58.1 Å². The van der Waals surface area contributed by atoms with E-state index in [0.717, 1.165) is 59.4 Å². The number of benzene rings is 3. The summed E-state index contributed by atoms with van der Waals surface area (Å²) in [5.41, 5.74) is 3.92. The highest BCUT2D eigenvalue weighted by Crippen LogP contribution is 2.33. The zero-order valence-corrected chi connectivity index (χ0v) is 19.7. The Bertz CT molecular complexity index is 1410. The molecule has 6 rings (SSSR count). The summed E-state index contributed by atoms with van der Waals surface area (Å²) < 4.78 is 14.9. The van der Waals surface area contributed by atoms with Crippen LogP contribution in [0.2, 0.25) is 0 Å². The van der Waals surface area contributed by atoms with Crippen LogP contribution < -0.4 is 5.32 Å². The van der Waals surface area contributed by atoms with Crippen LogP contribution in [0.15, 0.2) is 66.7 Å². The Kier molecular flexibility index (Phi) is 5.44. The molecule has 0 saturated heterocycles. The first-order chi connectivity index (χ1) is 17.0. The summed E-state index contributed by atoms with van der Waals surface area (Å²) in [7, 11) is 0. The van der Waals surface area contributed by atoms with Crippen molar-refractivity contribution >= 4 is 22.6 Å². The summed E-state index contributed by atoms with van der Waals surface area (Å²) in [6.45, 7) is 2.16. The van der Waals surface area contributed by atoms with Gasteiger partial charge in [-0.15, -0.1) is 0 Å². The molecule has 1 N–H and O–H groups in total. The van der Waals surface area contributed by atoms with Crippen LogP contribution in [0.3, 0.4) is 0 Å². The van der Waals surface area contributed by atoms with Crippen LogP contribution in [0.5, 0.6) is 0 Å². The zero-order chi connectivity index (χ0) is 23.9. The monoisotopic (exact) mass is 466 g/mol. The molecule has 6 heteroatoms. The highest BCUT2D eigenvalue weighted by molar-refractivity contribution is 5.95. The van der Waals surface area contributed by atoms with Gasteiger partial charge in [-0.3, -0.25) is 4.79 Å². The Hall–Kier alpha value is -3.80. The van der Waals surface area contributed by atoms with Gasteiger partial charge < -0.3 is 10.2 Å². The Morgan fingerprint density at radius 2 is 1.71 bits per heavy atom. The van der Waals surface area contributed by atoms with Crippen molar-refractivity contribution in [3.05, 3.63) is 89.5 Å². The van der Waals surface area contributed by atoms with Crippen LogP contribution in [0, 0.1) is 12.7 Å². The molecule has 1 aromatic heterocycles. The predicted octanol–water partition coefficient (Wildman–Crippen LogP) is 6.12. The molecule has 176 valence electrons. The number of nitrogens with one attached hydrogen (secondary N) is 1. The largest absolute Gasteiger partial charge is 0.367 e. The second-order valence-electron chi connectivity index (χ2n) is 9.61. The predicted molar refractivity (Wildman–Crippen MR) is 136 cm³/mol. The minimum atomic E-state index is -0.295. The van der Waals surface area contributed by atoms with Gasteiger partial charge in [0.2, 0.25) is 0 Å². The van der Waals surface area contributed by atoms with Crippen molar-refractivity contribution in [2.75, 3.05) is 5.32 Å². The molecule has 0 unspecified atom stereocenters. The smallest absolute Gasteiger partial charge is 0.254 e. The van der Waals surface area contributed by atoms with Crippen LogP contribution in [0.4, 0.5) is 10.2 Å². The van der Waals surface area contributed by atoms with Crippen molar-refractivity contribution in [1.29, 1.82) is 0 Å². The summed E-state index contributed by atoms with van der Waals surface area (Å²) in [5, 5.41) is 4.48. The fourth-order valence-electron chi connectivity index (χ4n) is 4.51. The minimum Gasteiger partial charge on any atom is -0.367 e. The number of rotatable bonds is 7. The molecule has 0 radical (unpaired) electrons. The SMILES string of the molecule is Cc1nc(NC2CC2)c2cc(-c3ccc(F)c(CN(C(=O)c4ccccc4)C4CC4)c3)ccc2n1. The number of amides is 1. The summed E-state index contributed by atoms with van der Waals surface area (Å²) in [6, 6.07) is 21.1. The summed E-state index contributed by atoms with van der Waals surface area (Å²) >= 11 is 0. The van der Waals surface area contributed by atoms with E-state index in [-0.39, 0.29) is 24.3 Å². The molecule has 2 saturated carbocycles. The van der Waals surface area contributed by atoms with Gasteiger partial charge in [0, 0.05) is 35.1 Å². The molecule has 3 aromatic carbocycles. The Balaban J connectivity index is 1.33. The van der Waals surface area contributed by atoms with Crippen LogP contribution in [-0.2, 0) is 6.54 Å². The fourth-order valence-corrected chi connectivity index (χ4v) is 4.51. The normalized spacial score (nSPS) is 15.3. The van der Waals surface area contributed by atoms with Crippen molar-refractivity contribution in [3.63, 3.8) is 0 Å². The number of fused-ring (bicyclic) bond motifs is 1. The molecule has 2 aliphatic rings. The van der Waals surface area contributed by atoms with Gasteiger partial charge in [0.15, 0.2) is 0 Å². The zero-order valence-electron chi connectivity index (χ0n) is 19.7. The number of halogens is 1. The second kappa shape index (κ2) is 8.77. The maximum Gasteiger partial charge on any atom is 0.254 e. The number of nitrogens with zero attached hydrogens (tertiary/aromatic N) is 3. The van der Waals surface area contributed by atoms with Gasteiger partial charge in [-0.1, -0.05) is 30.3 Å². The molecule has 1 heterocycles. The van der Waals surface area contributed by atoms with E-state index in [1.165, 1.54) is 6.07 Å². The molecule has 0 bridgehead atoms. The van der Waals surface area contributed by atoms with Gasteiger partial charge in [0.25, 0.3) is 5.91 Å². The third-order valence-electron chi connectivity index (χ3n) is 6.71. The highest BCUT2D eigenvalue weighted by Gasteiger charge is 2.33. The quantitative estimate of drug-likeness (QED) is 0.356. The molecule has 0 atom stereocenters. The first kappa shape index (κ1) is 21.7. The van der Waals surface area contributed by atoms with Crippen molar-refractivity contribution in [3.8, 4) is 11.1 Å². The van der Waals surface area contributed by atoms with Gasteiger partial charge >= 0.3 is 0 Å². The highest BCUT2D eigenvalue weighted by atomic mass is 19.1. The van der Waals surface area contributed by atoms with Crippen LogP contribution in [0.1, 0.15) is 47.4 Å². The van der Waals surface area contributed by atoms with E-state index in [1.54, 1.807) is 6.07 Å². The van der Waals surface area contributed by atoms with Crippen molar-refractivity contribution in [1.82, 2.24) is 14.9 Å². The minimum absolute atomic E-state index is 0.0491. The third-order valence-corrected chi connectivity index (χ3v) is 6.71. The molecule has 0 spiro atoms. The van der Waals surface area contributed by atoms with E-state index in [1.807, 2.05) is 60.4 Å². The van der Waals surface area contributed by atoms with E-state index in [2.05, 4.69) is 21.4 Å². The number of hydrogen-bond acceptors (Lipinski definition) is 4. The molecule has 0 aliphatic heterocycles. The van der Waals surface area contributed by atoms with E-state index >= 15 is 0 Å². The maximum absolute atomic E-state index is 14.9. The van der Waals surface area contributed by atoms with E-state index < -0.39 is 0 Å². The Labute approximate surface area is 204 Å². The number of anilines is 1. The lowest BCUT2D eigenvalue weighted by atomic mass is 10.0. The van der Waals surface area contributed by atoms with Crippen LogP contribution in [-0.4, -0.2) is 32.9 Å². The third kappa shape index (κ3) is 4.61. The van der Waals surface area contributed by atoms with Crippen molar-refractivity contribution < 1.29 is 9.18 Å². The average Bonchev–Trinajstić information content (AvgIpc) is 3.79. The van der Waals surface area contributed by atoms with Gasteiger partial charge in [0.1, 0.15) is 17.5 Å². The average molecular weight is 467 g/mol. The fraction of sp³-hybridized carbons (Fsp3) is 0.276. The molecule has 1 amide bonds. The first-order valence-corrected chi connectivity index (χ1v) is 12.2. The number of aromatic nitrogens is 2. The van der Waals surface area contributed by atoms with E-state index in [4.69, 9.17) is 0 Å². The van der Waals surface area contributed by atoms with Crippen molar-refractivity contribution in [2.45, 2.75) is 51.2 Å². The molecular formula is C29H27FN4O. The lowest BCUT2D eigenvalue weighted by Crippen LogP contribution is -2.32. The molecule has 35 heavy (non-hydrogen) atoms. The van der Waals surface area contributed by atoms with Crippen molar-refractivity contribution in [2.24, 2.45) is 0 Å². The number of aryl methyl sites for hydroxylation is 1. The van der Waals surface area contributed by atoms with Gasteiger partial charge in [-0.25, -0.2) is 14.4 Å². The number of carbonyl (C=O) groups is 1. The van der Waals surface area contributed by atoms with E-state index in [0.29, 0.717) is 17.2 Å². The summed E-state index contributed by atoms with van der Waals surface area (Å²) in [6.07, 6.45) is 4.23. The molecule has 5 nitrogen and oxygen atoms in total. The lowest BCUT2D eigenvalue weighted by Gasteiger charge is -2.23. The van der Waals surface area contributed by atoms with Gasteiger partial charge in [-0.05, 0) is 80.1 Å². The summed E-state index contributed by atoms with van der Waals surface area (Å²) in [4.78, 5) is 24.2. The Morgan fingerprint density at radius 1 is 0.971 bits per heavy atom. The standard InChI is InChI=1S/C29H27FN4O/c1-18-31-27-14-8-21(16-25(27)28(32-18)33-23-9-10-23)20-7-13-26(30)22(15-20)17-34(24-11-12-24)29(35)19-5-3-2-4-6-19/h2-8,13-16,23-24H,9-12,17H2,1H3,(H,31,32,33). The Morgan fingerprint density at radius 3 is 2.46 bits per heavy atom. The second-order valence-corrected chi connectivity index (χ2v) is 9.61. The number of carbonyl (C=O) groups excluding carboxylic acids is 1. The van der Waals surface area contributed by atoms with Crippen LogP contribution in [0.25, 0.3) is 22.0 Å². The molecule has 4 aromatic rings. The van der Waals surface area contributed by atoms with Gasteiger partial charge in [-0.2, -0.15) is 0 Å². The lowest BCUT2D eigenvalue weighted by molar-refractivity contribution is 0.0728. The molecular weight excluding hydrogens is 439 g/mol. The van der Waals surface area contributed by atoms with E-state index in [9.17, 15) is 9.18 Å². The first-order valence-electron chi connectivity index (χ1n) is 12.2. The number of hydrogen-bond donors (Lipinski definition) is 1. The maximum atomic E-state index is 14.9. The molecule has 2 aliphatic carbocycles. The van der Waals surface area contributed by atoms with Crippen LogP contribution >= 0.6 is 0 Å². The molecule has 2 fully saturated rings. The van der Waals surface area contributed by atoms with Gasteiger partial charge in [0.05, 0.1) is 5.52 Å².